The van der Waals surface area contributed by atoms with Gasteiger partial charge in [0, 0.05) is 11.9 Å². The van der Waals surface area contributed by atoms with Gasteiger partial charge in [-0.2, -0.15) is 5.26 Å². The van der Waals surface area contributed by atoms with Gasteiger partial charge in [0.05, 0.1) is 31.1 Å². The van der Waals surface area contributed by atoms with Crippen molar-refractivity contribution in [1.82, 2.24) is 9.55 Å². The number of methoxy groups -OCH3 is 1. The molecule has 24 heavy (non-hydrogen) atoms. The van der Waals surface area contributed by atoms with Crippen LogP contribution in [-0.2, 0) is 6.42 Å². The predicted molar refractivity (Wildman–Crippen MR) is 91.8 cm³/mol. The lowest BCUT2D eigenvalue weighted by Crippen LogP contribution is -2.06. The number of hydrogen-bond acceptors (Lipinski definition) is 3. The molecular formula is C20H17N3O. The number of rotatable bonds is 3. The maximum atomic E-state index is 9.29. The first-order valence-corrected chi connectivity index (χ1v) is 7.99. The van der Waals surface area contributed by atoms with Crippen molar-refractivity contribution in [1.29, 1.82) is 5.26 Å². The van der Waals surface area contributed by atoms with E-state index in [0.29, 0.717) is 5.56 Å². The van der Waals surface area contributed by atoms with E-state index in [1.54, 1.807) is 7.11 Å². The SMILES string of the molecule is COc1ccc(-c2cc(C#N)ccc2C2CCc3cncn32)cc1. The Morgan fingerprint density at radius 3 is 2.79 bits per heavy atom. The van der Waals surface area contributed by atoms with Crippen LogP contribution in [0, 0.1) is 11.3 Å². The van der Waals surface area contributed by atoms with Crippen molar-refractivity contribution in [2.75, 3.05) is 7.11 Å². The number of hydrogen-bond donors (Lipinski definition) is 0. The van der Waals surface area contributed by atoms with Crippen molar-refractivity contribution >= 4 is 0 Å². The van der Waals surface area contributed by atoms with Gasteiger partial charge in [-0.25, -0.2) is 4.98 Å². The number of nitrogens with zero attached hydrogens (tertiary/aromatic N) is 3. The molecule has 0 saturated heterocycles. The summed E-state index contributed by atoms with van der Waals surface area (Å²) in [5.74, 6) is 0.828. The van der Waals surface area contributed by atoms with Crippen LogP contribution in [0.15, 0.2) is 55.0 Å². The van der Waals surface area contributed by atoms with Gasteiger partial charge >= 0.3 is 0 Å². The molecule has 4 heteroatoms. The first-order chi connectivity index (χ1) is 11.8. The van der Waals surface area contributed by atoms with Crippen molar-refractivity contribution in [3.63, 3.8) is 0 Å². The van der Waals surface area contributed by atoms with Gasteiger partial charge in [0.1, 0.15) is 5.75 Å². The average Bonchev–Trinajstić information content (AvgIpc) is 3.25. The van der Waals surface area contributed by atoms with E-state index in [-0.39, 0.29) is 6.04 Å². The van der Waals surface area contributed by atoms with E-state index in [2.05, 4.69) is 21.7 Å². The number of benzene rings is 2. The van der Waals surface area contributed by atoms with Gasteiger partial charge < -0.3 is 9.30 Å². The third kappa shape index (κ3) is 2.35. The van der Waals surface area contributed by atoms with E-state index in [1.807, 2.05) is 48.9 Å². The lowest BCUT2D eigenvalue weighted by molar-refractivity contribution is 0.415. The van der Waals surface area contributed by atoms with E-state index < -0.39 is 0 Å². The maximum absolute atomic E-state index is 9.29. The number of aryl methyl sites for hydroxylation is 1. The summed E-state index contributed by atoms with van der Waals surface area (Å²) in [4.78, 5) is 4.27. The third-order valence-electron chi connectivity index (χ3n) is 4.70. The average molecular weight is 315 g/mol. The molecule has 1 atom stereocenters. The van der Waals surface area contributed by atoms with Gasteiger partial charge in [0.25, 0.3) is 0 Å². The molecule has 1 aliphatic heterocycles. The van der Waals surface area contributed by atoms with Crippen LogP contribution in [-0.4, -0.2) is 16.7 Å². The van der Waals surface area contributed by atoms with E-state index in [9.17, 15) is 5.26 Å². The second kappa shape index (κ2) is 5.86. The van der Waals surface area contributed by atoms with Crippen LogP contribution < -0.4 is 4.74 Å². The molecule has 3 aromatic rings. The molecule has 0 fully saturated rings. The molecule has 2 heterocycles. The Kier molecular flexibility index (Phi) is 3.55. The van der Waals surface area contributed by atoms with Crippen molar-refractivity contribution in [2.24, 2.45) is 0 Å². The second-order valence-electron chi connectivity index (χ2n) is 5.99. The first-order valence-electron chi connectivity index (χ1n) is 7.99. The minimum absolute atomic E-state index is 0.271. The van der Waals surface area contributed by atoms with Crippen LogP contribution in [0.2, 0.25) is 0 Å². The zero-order valence-corrected chi connectivity index (χ0v) is 13.4. The fourth-order valence-corrected chi connectivity index (χ4v) is 3.47. The Bertz CT molecular complexity index is 919. The van der Waals surface area contributed by atoms with Gasteiger partial charge in [0.15, 0.2) is 0 Å². The molecule has 1 aromatic heterocycles. The molecule has 0 N–H and O–H groups in total. The van der Waals surface area contributed by atoms with Gasteiger partial charge in [-0.3, -0.25) is 0 Å². The molecule has 0 amide bonds. The fourth-order valence-electron chi connectivity index (χ4n) is 3.47. The molecule has 0 bridgehead atoms. The van der Waals surface area contributed by atoms with Crippen LogP contribution in [0.1, 0.15) is 29.3 Å². The minimum Gasteiger partial charge on any atom is -0.497 e. The molecule has 0 radical (unpaired) electrons. The summed E-state index contributed by atoms with van der Waals surface area (Å²) in [6.07, 6.45) is 5.94. The molecular weight excluding hydrogens is 298 g/mol. The second-order valence-corrected chi connectivity index (χ2v) is 5.99. The zero-order chi connectivity index (χ0) is 16.5. The summed E-state index contributed by atoms with van der Waals surface area (Å²) in [5.41, 5.74) is 5.37. The monoisotopic (exact) mass is 315 g/mol. The Morgan fingerprint density at radius 1 is 1.21 bits per heavy atom. The molecule has 2 aromatic carbocycles. The van der Waals surface area contributed by atoms with Crippen molar-refractivity contribution < 1.29 is 4.74 Å². The molecule has 1 unspecified atom stereocenters. The Morgan fingerprint density at radius 2 is 2.04 bits per heavy atom. The van der Waals surface area contributed by atoms with Crippen molar-refractivity contribution in [2.45, 2.75) is 18.9 Å². The molecule has 0 aliphatic carbocycles. The van der Waals surface area contributed by atoms with Crippen LogP contribution in [0.25, 0.3) is 11.1 Å². The first kappa shape index (κ1) is 14.5. The fraction of sp³-hybridized carbons (Fsp3) is 0.200. The molecule has 0 spiro atoms. The van der Waals surface area contributed by atoms with Gasteiger partial charge in [-0.15, -0.1) is 0 Å². The van der Waals surface area contributed by atoms with Crippen LogP contribution in [0.4, 0.5) is 0 Å². The highest BCUT2D eigenvalue weighted by atomic mass is 16.5. The number of imidazole rings is 1. The number of nitriles is 1. The Balaban J connectivity index is 1.84. The molecule has 0 saturated carbocycles. The summed E-state index contributed by atoms with van der Waals surface area (Å²) in [6.45, 7) is 0. The summed E-state index contributed by atoms with van der Waals surface area (Å²) in [6, 6.07) is 16.5. The summed E-state index contributed by atoms with van der Waals surface area (Å²) in [5, 5.41) is 9.29. The lowest BCUT2D eigenvalue weighted by atomic mass is 9.92. The van der Waals surface area contributed by atoms with Crippen LogP contribution in [0.3, 0.4) is 0 Å². The quantitative estimate of drug-likeness (QED) is 0.735. The number of aromatic nitrogens is 2. The molecule has 4 rings (SSSR count). The van der Waals surface area contributed by atoms with Crippen molar-refractivity contribution in [3.8, 4) is 22.9 Å². The highest BCUT2D eigenvalue weighted by Crippen LogP contribution is 2.38. The molecule has 118 valence electrons. The topological polar surface area (TPSA) is 50.8 Å². The van der Waals surface area contributed by atoms with E-state index >= 15 is 0 Å². The predicted octanol–water partition coefficient (Wildman–Crippen LogP) is 3.97. The summed E-state index contributed by atoms with van der Waals surface area (Å²) >= 11 is 0. The normalized spacial score (nSPS) is 15.8. The Hall–Kier alpha value is -3.06. The smallest absolute Gasteiger partial charge is 0.118 e. The van der Waals surface area contributed by atoms with Crippen LogP contribution in [0.5, 0.6) is 5.75 Å². The van der Waals surface area contributed by atoms with Crippen LogP contribution >= 0.6 is 0 Å². The zero-order valence-electron chi connectivity index (χ0n) is 13.4. The largest absolute Gasteiger partial charge is 0.497 e. The molecule has 1 aliphatic rings. The minimum atomic E-state index is 0.271. The number of ether oxygens (including phenoxy) is 1. The Labute approximate surface area is 141 Å². The van der Waals surface area contributed by atoms with Crippen molar-refractivity contribution in [3.05, 3.63) is 71.8 Å². The van der Waals surface area contributed by atoms with Gasteiger partial charge in [0.2, 0.25) is 0 Å². The standard InChI is InChI=1S/C20H17N3O/c1-24-17-6-3-15(4-7-17)19-10-14(11-21)2-8-18(19)20-9-5-16-12-22-13-23(16)20/h2-4,6-8,10,12-13,20H,5,9H2,1H3. The van der Waals surface area contributed by atoms with E-state index in [4.69, 9.17) is 4.74 Å². The van der Waals surface area contributed by atoms with Gasteiger partial charge in [-0.05, 0) is 53.8 Å². The summed E-state index contributed by atoms with van der Waals surface area (Å²) in [7, 11) is 1.66. The maximum Gasteiger partial charge on any atom is 0.118 e. The lowest BCUT2D eigenvalue weighted by Gasteiger charge is -2.18. The van der Waals surface area contributed by atoms with E-state index in [1.165, 1.54) is 11.3 Å². The highest BCUT2D eigenvalue weighted by Gasteiger charge is 2.25. The number of fused-ring (bicyclic) bond motifs is 1. The van der Waals surface area contributed by atoms with Gasteiger partial charge in [-0.1, -0.05) is 18.2 Å². The third-order valence-corrected chi connectivity index (χ3v) is 4.70. The molecule has 4 nitrogen and oxygen atoms in total. The summed E-state index contributed by atoms with van der Waals surface area (Å²) < 4.78 is 7.50. The highest BCUT2D eigenvalue weighted by molar-refractivity contribution is 5.70. The van der Waals surface area contributed by atoms with E-state index in [0.717, 1.165) is 29.7 Å².